The van der Waals surface area contributed by atoms with Crippen molar-refractivity contribution in [3.63, 3.8) is 0 Å². The Balaban J connectivity index is 1.50. The summed E-state index contributed by atoms with van der Waals surface area (Å²) in [6.07, 6.45) is 10.6. The quantitative estimate of drug-likeness (QED) is 0.887. The van der Waals surface area contributed by atoms with Crippen LogP contribution in [0.2, 0.25) is 0 Å². The predicted molar refractivity (Wildman–Crippen MR) is 76.7 cm³/mol. The number of piperidine rings is 1. The van der Waals surface area contributed by atoms with E-state index in [9.17, 15) is 0 Å². The average molecular weight is 272 g/mol. The summed E-state index contributed by atoms with van der Waals surface area (Å²) in [7, 11) is 0. The van der Waals surface area contributed by atoms with E-state index in [1.807, 2.05) is 16.8 Å². The summed E-state index contributed by atoms with van der Waals surface area (Å²) in [6, 6.07) is 0.744. The van der Waals surface area contributed by atoms with Crippen LogP contribution in [0.4, 0.5) is 5.82 Å². The van der Waals surface area contributed by atoms with Gasteiger partial charge in [-0.3, -0.25) is 4.40 Å². The van der Waals surface area contributed by atoms with E-state index >= 15 is 0 Å². The molecule has 1 atom stereocenters. The molecule has 106 valence electrons. The van der Waals surface area contributed by atoms with Crippen LogP contribution in [0.1, 0.15) is 25.7 Å². The lowest BCUT2D eigenvalue weighted by Crippen LogP contribution is -2.41. The van der Waals surface area contributed by atoms with Gasteiger partial charge in [0.1, 0.15) is 6.33 Å². The predicted octanol–water partition coefficient (Wildman–Crippen LogP) is 1.09. The molecule has 0 bridgehead atoms. The summed E-state index contributed by atoms with van der Waals surface area (Å²) < 4.78 is 1.94. The van der Waals surface area contributed by atoms with Crippen LogP contribution in [0, 0.1) is 5.92 Å². The van der Waals surface area contributed by atoms with Crippen molar-refractivity contribution in [3.05, 3.63) is 18.7 Å². The van der Waals surface area contributed by atoms with Crippen LogP contribution in [-0.4, -0.2) is 45.3 Å². The molecule has 2 saturated heterocycles. The molecular weight excluding hydrogens is 252 g/mol. The summed E-state index contributed by atoms with van der Waals surface area (Å²) in [6.45, 7) is 3.34. The summed E-state index contributed by atoms with van der Waals surface area (Å²) in [5.41, 5.74) is 0.866. The molecule has 2 aliphatic heterocycles. The van der Waals surface area contributed by atoms with Gasteiger partial charge in [-0.1, -0.05) is 0 Å². The highest BCUT2D eigenvalue weighted by atomic mass is 15.3. The van der Waals surface area contributed by atoms with Gasteiger partial charge in [0, 0.05) is 31.5 Å². The molecule has 6 heteroatoms. The molecule has 2 fully saturated rings. The Morgan fingerprint density at radius 1 is 1.20 bits per heavy atom. The zero-order valence-corrected chi connectivity index (χ0v) is 11.6. The molecule has 1 unspecified atom stereocenters. The minimum absolute atomic E-state index is 0.744. The van der Waals surface area contributed by atoms with Crippen molar-refractivity contribution in [2.75, 3.05) is 24.5 Å². The van der Waals surface area contributed by atoms with Crippen LogP contribution in [0.5, 0.6) is 0 Å². The fourth-order valence-electron chi connectivity index (χ4n) is 3.60. The van der Waals surface area contributed by atoms with Gasteiger partial charge in [0.15, 0.2) is 5.82 Å². The average Bonchev–Trinajstić information content (AvgIpc) is 3.18. The Morgan fingerprint density at radius 2 is 2.10 bits per heavy atom. The molecule has 0 spiro atoms. The van der Waals surface area contributed by atoms with Gasteiger partial charge in [-0.05, 0) is 38.1 Å². The van der Waals surface area contributed by atoms with E-state index in [-0.39, 0.29) is 0 Å². The highest BCUT2D eigenvalue weighted by Gasteiger charge is 2.29. The van der Waals surface area contributed by atoms with Gasteiger partial charge in [-0.2, -0.15) is 0 Å². The minimum Gasteiger partial charge on any atom is -0.353 e. The molecule has 4 heterocycles. The van der Waals surface area contributed by atoms with Gasteiger partial charge in [-0.25, -0.2) is 4.98 Å². The van der Waals surface area contributed by atoms with E-state index < -0.39 is 0 Å². The Bertz CT molecular complexity index is 580. The van der Waals surface area contributed by atoms with E-state index in [1.165, 1.54) is 32.2 Å². The van der Waals surface area contributed by atoms with E-state index in [1.54, 1.807) is 6.33 Å². The molecule has 6 nitrogen and oxygen atoms in total. The standard InChI is InChI=1S/C14H20N6/c1-2-12(15-5-1)11-3-7-19(8-4-11)13-14-18-17-10-20(14)9-6-16-13/h6,9-12,15H,1-5,7-8H2. The van der Waals surface area contributed by atoms with E-state index in [4.69, 9.17) is 0 Å². The Labute approximate surface area is 118 Å². The lowest BCUT2D eigenvalue weighted by Gasteiger charge is -2.35. The number of aromatic nitrogens is 4. The lowest BCUT2D eigenvalue weighted by atomic mass is 9.88. The second kappa shape index (κ2) is 5.01. The first-order valence-electron chi connectivity index (χ1n) is 7.54. The molecule has 2 aromatic heterocycles. The number of rotatable bonds is 2. The number of nitrogens with zero attached hydrogens (tertiary/aromatic N) is 5. The molecule has 2 aromatic rings. The first kappa shape index (κ1) is 12.1. The smallest absolute Gasteiger partial charge is 0.203 e. The molecule has 1 N–H and O–H groups in total. The second-order valence-electron chi connectivity index (χ2n) is 5.84. The third-order valence-electron chi connectivity index (χ3n) is 4.70. The van der Waals surface area contributed by atoms with Crippen LogP contribution in [0.15, 0.2) is 18.7 Å². The van der Waals surface area contributed by atoms with E-state index in [0.717, 1.165) is 36.5 Å². The summed E-state index contributed by atoms with van der Waals surface area (Å²) in [5.74, 6) is 1.80. The fourth-order valence-corrected chi connectivity index (χ4v) is 3.60. The maximum absolute atomic E-state index is 4.51. The topological polar surface area (TPSA) is 58.4 Å². The normalized spacial score (nSPS) is 24.6. The maximum atomic E-state index is 4.51. The molecule has 2 aliphatic rings. The van der Waals surface area contributed by atoms with Gasteiger partial charge in [-0.15, -0.1) is 10.2 Å². The van der Waals surface area contributed by atoms with Crippen LogP contribution in [0.25, 0.3) is 5.65 Å². The van der Waals surface area contributed by atoms with Gasteiger partial charge in [0.25, 0.3) is 0 Å². The van der Waals surface area contributed by atoms with E-state index in [2.05, 4.69) is 25.4 Å². The highest BCUT2D eigenvalue weighted by molar-refractivity contribution is 5.63. The summed E-state index contributed by atoms with van der Waals surface area (Å²) >= 11 is 0. The zero-order chi connectivity index (χ0) is 13.4. The number of fused-ring (bicyclic) bond motifs is 1. The van der Waals surface area contributed by atoms with Crippen molar-refractivity contribution in [1.29, 1.82) is 0 Å². The SMILES string of the molecule is c1cn2cnnc2c(N2CCC(C3CCCN3)CC2)n1. The Kier molecular flexibility index (Phi) is 3.03. The third kappa shape index (κ3) is 2.04. The second-order valence-corrected chi connectivity index (χ2v) is 5.84. The number of hydrogen-bond acceptors (Lipinski definition) is 5. The van der Waals surface area contributed by atoms with Gasteiger partial charge >= 0.3 is 0 Å². The number of anilines is 1. The maximum Gasteiger partial charge on any atom is 0.203 e. The molecule has 0 amide bonds. The molecule has 0 radical (unpaired) electrons. The zero-order valence-electron chi connectivity index (χ0n) is 11.6. The van der Waals surface area contributed by atoms with Crippen LogP contribution in [0.3, 0.4) is 0 Å². The van der Waals surface area contributed by atoms with Crippen molar-refractivity contribution in [3.8, 4) is 0 Å². The summed E-state index contributed by atoms with van der Waals surface area (Å²) in [5, 5.41) is 11.8. The molecule has 20 heavy (non-hydrogen) atoms. The van der Waals surface area contributed by atoms with Crippen molar-refractivity contribution in [2.45, 2.75) is 31.7 Å². The minimum atomic E-state index is 0.744. The summed E-state index contributed by atoms with van der Waals surface area (Å²) in [4.78, 5) is 6.87. The monoisotopic (exact) mass is 272 g/mol. The molecule has 0 aromatic carbocycles. The Morgan fingerprint density at radius 3 is 2.90 bits per heavy atom. The van der Waals surface area contributed by atoms with Gasteiger partial charge < -0.3 is 10.2 Å². The third-order valence-corrected chi connectivity index (χ3v) is 4.70. The van der Waals surface area contributed by atoms with Crippen molar-refractivity contribution >= 4 is 11.5 Å². The molecular formula is C14H20N6. The Hall–Kier alpha value is -1.69. The largest absolute Gasteiger partial charge is 0.353 e. The van der Waals surface area contributed by atoms with Crippen LogP contribution in [-0.2, 0) is 0 Å². The molecule has 0 aliphatic carbocycles. The first-order chi connectivity index (χ1) is 9.92. The van der Waals surface area contributed by atoms with Crippen LogP contribution < -0.4 is 10.2 Å². The van der Waals surface area contributed by atoms with Crippen molar-refractivity contribution in [1.82, 2.24) is 24.9 Å². The molecule has 0 saturated carbocycles. The lowest BCUT2D eigenvalue weighted by molar-refractivity contribution is 0.318. The van der Waals surface area contributed by atoms with Gasteiger partial charge in [0.2, 0.25) is 5.65 Å². The highest BCUT2D eigenvalue weighted by Crippen LogP contribution is 2.28. The van der Waals surface area contributed by atoms with Crippen molar-refractivity contribution < 1.29 is 0 Å². The number of hydrogen-bond donors (Lipinski definition) is 1. The number of nitrogens with one attached hydrogen (secondary N) is 1. The fraction of sp³-hybridized carbons (Fsp3) is 0.643. The van der Waals surface area contributed by atoms with E-state index in [0.29, 0.717) is 0 Å². The molecule has 4 rings (SSSR count). The van der Waals surface area contributed by atoms with Crippen molar-refractivity contribution in [2.24, 2.45) is 5.92 Å². The van der Waals surface area contributed by atoms with Gasteiger partial charge in [0.05, 0.1) is 0 Å². The van der Waals surface area contributed by atoms with Crippen LogP contribution >= 0.6 is 0 Å². The first-order valence-corrected chi connectivity index (χ1v) is 7.54.